The SMILES string of the molecule is CC[C@H]1CN2CCc3c([nH]c4ccccc34)[C@@H]2C[C@@H]1C[C@H]1NCCc2cc(OC)c(OC)cc21. The van der Waals surface area contributed by atoms with Gasteiger partial charge in [-0.15, -0.1) is 0 Å². The molecule has 34 heavy (non-hydrogen) atoms. The Morgan fingerprint density at radius 3 is 2.68 bits per heavy atom. The lowest BCUT2D eigenvalue weighted by molar-refractivity contribution is 0.0421. The fourth-order valence-electron chi connectivity index (χ4n) is 7.02. The predicted molar refractivity (Wildman–Crippen MR) is 137 cm³/mol. The zero-order valence-corrected chi connectivity index (χ0v) is 20.7. The summed E-state index contributed by atoms with van der Waals surface area (Å²) in [6.45, 7) is 5.81. The molecule has 2 aromatic carbocycles. The third-order valence-corrected chi connectivity index (χ3v) is 8.80. The van der Waals surface area contributed by atoms with E-state index in [1.54, 1.807) is 19.8 Å². The first-order chi connectivity index (χ1) is 16.7. The number of para-hydroxylation sites is 1. The number of hydrogen-bond acceptors (Lipinski definition) is 4. The Morgan fingerprint density at radius 2 is 1.85 bits per heavy atom. The van der Waals surface area contributed by atoms with E-state index in [9.17, 15) is 0 Å². The molecule has 3 aliphatic heterocycles. The van der Waals surface area contributed by atoms with Crippen molar-refractivity contribution in [2.24, 2.45) is 11.8 Å². The molecule has 5 heteroatoms. The molecule has 5 nitrogen and oxygen atoms in total. The van der Waals surface area contributed by atoms with Crippen molar-refractivity contribution in [3.8, 4) is 11.5 Å². The summed E-state index contributed by atoms with van der Waals surface area (Å²) < 4.78 is 11.2. The Kier molecular flexibility index (Phi) is 5.78. The first-order valence-corrected chi connectivity index (χ1v) is 13.0. The molecule has 0 spiro atoms. The van der Waals surface area contributed by atoms with Gasteiger partial charge in [-0.1, -0.05) is 31.5 Å². The summed E-state index contributed by atoms with van der Waals surface area (Å²) in [7, 11) is 3.46. The lowest BCUT2D eigenvalue weighted by Crippen LogP contribution is -2.46. The maximum atomic E-state index is 5.66. The highest BCUT2D eigenvalue weighted by Crippen LogP contribution is 2.47. The van der Waals surface area contributed by atoms with Crippen LogP contribution in [-0.2, 0) is 12.8 Å². The molecule has 1 aromatic heterocycles. The number of rotatable bonds is 5. The van der Waals surface area contributed by atoms with E-state index in [0.717, 1.165) is 36.8 Å². The lowest BCUT2D eigenvalue weighted by atomic mass is 9.73. The van der Waals surface area contributed by atoms with Crippen LogP contribution in [0.3, 0.4) is 0 Å². The van der Waals surface area contributed by atoms with E-state index < -0.39 is 0 Å². The van der Waals surface area contributed by atoms with Gasteiger partial charge in [0.25, 0.3) is 0 Å². The Morgan fingerprint density at radius 1 is 1.03 bits per heavy atom. The van der Waals surface area contributed by atoms with Crippen LogP contribution < -0.4 is 14.8 Å². The fourth-order valence-corrected chi connectivity index (χ4v) is 7.02. The molecule has 3 aromatic rings. The summed E-state index contributed by atoms with van der Waals surface area (Å²) in [6, 6.07) is 14.1. The van der Waals surface area contributed by atoms with E-state index in [1.807, 2.05) is 0 Å². The van der Waals surface area contributed by atoms with Crippen LogP contribution in [0.4, 0.5) is 0 Å². The number of H-pyrrole nitrogens is 1. The first kappa shape index (κ1) is 22.0. The number of aromatic nitrogens is 1. The number of nitrogens with zero attached hydrogens (tertiary/aromatic N) is 1. The van der Waals surface area contributed by atoms with Gasteiger partial charge in [-0.2, -0.15) is 0 Å². The second-order valence-corrected chi connectivity index (χ2v) is 10.4. The van der Waals surface area contributed by atoms with E-state index in [0.29, 0.717) is 18.0 Å². The summed E-state index contributed by atoms with van der Waals surface area (Å²) in [6.07, 6.45) is 5.87. The van der Waals surface area contributed by atoms with Crippen molar-refractivity contribution in [1.82, 2.24) is 15.2 Å². The van der Waals surface area contributed by atoms with Crippen molar-refractivity contribution in [2.45, 2.75) is 51.1 Å². The number of nitrogens with one attached hydrogen (secondary N) is 2. The number of hydrogen-bond donors (Lipinski definition) is 2. The topological polar surface area (TPSA) is 49.5 Å². The first-order valence-electron chi connectivity index (χ1n) is 13.0. The molecule has 6 rings (SSSR count). The van der Waals surface area contributed by atoms with Crippen molar-refractivity contribution < 1.29 is 9.47 Å². The smallest absolute Gasteiger partial charge is 0.161 e. The van der Waals surface area contributed by atoms with E-state index >= 15 is 0 Å². The van der Waals surface area contributed by atoms with Crippen LogP contribution in [0.25, 0.3) is 10.9 Å². The van der Waals surface area contributed by atoms with Crippen molar-refractivity contribution in [1.29, 1.82) is 0 Å². The molecule has 0 amide bonds. The minimum Gasteiger partial charge on any atom is -0.493 e. The van der Waals surface area contributed by atoms with Crippen molar-refractivity contribution in [2.75, 3.05) is 33.9 Å². The molecule has 0 aliphatic carbocycles. The highest BCUT2D eigenvalue weighted by Gasteiger charge is 2.40. The summed E-state index contributed by atoms with van der Waals surface area (Å²) in [5.74, 6) is 3.12. The Balaban J connectivity index is 1.30. The molecule has 0 saturated carbocycles. The molecule has 0 radical (unpaired) electrons. The average Bonchev–Trinajstić information content (AvgIpc) is 3.27. The van der Waals surface area contributed by atoms with Gasteiger partial charge in [-0.25, -0.2) is 0 Å². The fraction of sp³-hybridized carbons (Fsp3) is 0.517. The predicted octanol–water partition coefficient (Wildman–Crippen LogP) is 5.41. The summed E-state index contributed by atoms with van der Waals surface area (Å²) in [4.78, 5) is 6.59. The summed E-state index contributed by atoms with van der Waals surface area (Å²) in [5, 5.41) is 5.28. The molecule has 0 bridgehead atoms. The largest absolute Gasteiger partial charge is 0.493 e. The number of ether oxygens (including phenoxy) is 2. The number of fused-ring (bicyclic) bond motifs is 6. The van der Waals surface area contributed by atoms with Crippen LogP contribution in [0.15, 0.2) is 36.4 Å². The van der Waals surface area contributed by atoms with Gasteiger partial charge >= 0.3 is 0 Å². The molecule has 4 heterocycles. The highest BCUT2D eigenvalue weighted by atomic mass is 16.5. The Hall–Kier alpha value is -2.50. The summed E-state index contributed by atoms with van der Waals surface area (Å²) in [5.41, 5.74) is 7.14. The monoisotopic (exact) mass is 459 g/mol. The van der Waals surface area contributed by atoms with Crippen LogP contribution in [-0.4, -0.2) is 43.7 Å². The number of piperidine rings is 1. The highest BCUT2D eigenvalue weighted by molar-refractivity contribution is 5.85. The van der Waals surface area contributed by atoms with Crippen molar-refractivity contribution in [3.05, 3.63) is 58.8 Å². The molecular weight excluding hydrogens is 422 g/mol. The van der Waals surface area contributed by atoms with Crippen LogP contribution in [0.5, 0.6) is 11.5 Å². The minimum absolute atomic E-state index is 0.375. The maximum absolute atomic E-state index is 5.66. The van der Waals surface area contributed by atoms with Gasteiger partial charge in [0.2, 0.25) is 0 Å². The second kappa shape index (κ2) is 8.94. The molecule has 1 fully saturated rings. The molecule has 180 valence electrons. The quantitative estimate of drug-likeness (QED) is 0.536. The molecule has 3 aliphatic rings. The number of methoxy groups -OCH3 is 2. The molecular formula is C29H37N3O2. The van der Waals surface area contributed by atoms with Crippen LogP contribution >= 0.6 is 0 Å². The van der Waals surface area contributed by atoms with Gasteiger partial charge < -0.3 is 19.8 Å². The van der Waals surface area contributed by atoms with E-state index in [2.05, 4.69) is 58.5 Å². The normalized spacial score (nSPS) is 26.6. The van der Waals surface area contributed by atoms with Crippen molar-refractivity contribution in [3.63, 3.8) is 0 Å². The minimum atomic E-state index is 0.375. The van der Waals surface area contributed by atoms with E-state index in [-0.39, 0.29) is 0 Å². The summed E-state index contributed by atoms with van der Waals surface area (Å²) >= 11 is 0. The lowest BCUT2D eigenvalue weighted by Gasteiger charge is -2.47. The zero-order valence-electron chi connectivity index (χ0n) is 20.7. The van der Waals surface area contributed by atoms with Gasteiger partial charge in [-0.05, 0) is 79.0 Å². The van der Waals surface area contributed by atoms with Gasteiger partial charge in [0, 0.05) is 35.7 Å². The zero-order chi connectivity index (χ0) is 23.2. The third-order valence-electron chi connectivity index (χ3n) is 8.80. The second-order valence-electron chi connectivity index (χ2n) is 10.4. The van der Waals surface area contributed by atoms with Crippen LogP contribution in [0, 0.1) is 11.8 Å². The average molecular weight is 460 g/mol. The van der Waals surface area contributed by atoms with Gasteiger partial charge in [0.05, 0.1) is 20.3 Å². The molecule has 2 N–H and O–H groups in total. The maximum Gasteiger partial charge on any atom is 0.161 e. The van der Waals surface area contributed by atoms with E-state index in [4.69, 9.17) is 9.47 Å². The molecule has 0 unspecified atom stereocenters. The standard InChI is InChI=1S/C29H37N3O2/c1-4-18-17-32-12-10-22-21-7-5-6-8-24(21)31-29(22)26(32)14-20(18)13-25-23-16-28(34-3)27(33-2)15-19(23)9-11-30-25/h5-8,15-16,18,20,25-26,30-31H,4,9-14,17H2,1-3H3/t18-,20-,25+,26-/m0/s1. The van der Waals surface area contributed by atoms with E-state index in [1.165, 1.54) is 60.1 Å². The van der Waals surface area contributed by atoms with Gasteiger partial charge in [-0.3, -0.25) is 4.90 Å². The van der Waals surface area contributed by atoms with Crippen LogP contribution in [0.2, 0.25) is 0 Å². The Labute approximate surface area is 202 Å². The number of benzene rings is 2. The van der Waals surface area contributed by atoms with Crippen molar-refractivity contribution >= 4 is 10.9 Å². The van der Waals surface area contributed by atoms with Crippen LogP contribution in [0.1, 0.15) is 60.7 Å². The van der Waals surface area contributed by atoms with Gasteiger partial charge in [0.15, 0.2) is 11.5 Å². The molecule has 4 atom stereocenters. The third kappa shape index (κ3) is 3.61. The Bertz CT molecular complexity index is 1190. The number of aromatic amines is 1. The molecule has 1 saturated heterocycles. The van der Waals surface area contributed by atoms with Gasteiger partial charge in [0.1, 0.15) is 0 Å².